The number of carbonyl (C=O) groups excluding carboxylic acids is 1. The van der Waals surface area contributed by atoms with Gasteiger partial charge in [0.05, 0.1) is 11.1 Å². The van der Waals surface area contributed by atoms with Crippen molar-refractivity contribution in [1.29, 1.82) is 0 Å². The van der Waals surface area contributed by atoms with E-state index in [0.717, 1.165) is 9.86 Å². The Bertz CT molecular complexity index is 991. The summed E-state index contributed by atoms with van der Waals surface area (Å²) in [7, 11) is 0. The van der Waals surface area contributed by atoms with Crippen molar-refractivity contribution in [2.75, 3.05) is 6.61 Å². The minimum atomic E-state index is -0.505. The highest BCUT2D eigenvalue weighted by molar-refractivity contribution is 9.11. The molecule has 2 aromatic carbocycles. The first-order chi connectivity index (χ1) is 12.0. The van der Waals surface area contributed by atoms with E-state index in [1.165, 1.54) is 0 Å². The predicted molar refractivity (Wildman–Crippen MR) is 104 cm³/mol. The zero-order valence-corrected chi connectivity index (χ0v) is 16.5. The molecule has 0 aliphatic rings. The van der Waals surface area contributed by atoms with Crippen LogP contribution in [-0.2, 0) is 6.42 Å². The highest BCUT2D eigenvalue weighted by atomic mass is 79.9. The van der Waals surface area contributed by atoms with Crippen LogP contribution in [-0.4, -0.2) is 12.4 Å². The van der Waals surface area contributed by atoms with Crippen LogP contribution >= 0.6 is 31.9 Å². The maximum atomic E-state index is 12.5. The van der Waals surface area contributed by atoms with Gasteiger partial charge in [0.25, 0.3) is 0 Å². The van der Waals surface area contributed by atoms with Gasteiger partial charge in [-0.15, -0.1) is 0 Å². The van der Waals surface area contributed by atoms with Gasteiger partial charge >= 0.3 is 5.63 Å². The lowest BCUT2D eigenvalue weighted by Gasteiger charge is -2.06. The van der Waals surface area contributed by atoms with Crippen molar-refractivity contribution in [1.82, 2.24) is 0 Å². The first-order valence-corrected chi connectivity index (χ1v) is 9.24. The summed E-state index contributed by atoms with van der Waals surface area (Å²) >= 11 is 6.78. The van der Waals surface area contributed by atoms with E-state index in [4.69, 9.17) is 9.15 Å². The summed E-state index contributed by atoms with van der Waals surface area (Å²) in [6, 6.07) is 12.2. The van der Waals surface area contributed by atoms with E-state index in [-0.39, 0.29) is 12.2 Å². The first-order valence-electron chi connectivity index (χ1n) is 7.65. The molecule has 0 radical (unpaired) electrons. The van der Waals surface area contributed by atoms with Gasteiger partial charge in [0.15, 0.2) is 11.4 Å². The molecular formula is C19H14Br2O4. The number of carbonyl (C=O) groups is 1. The van der Waals surface area contributed by atoms with Crippen LogP contribution in [0.5, 0.6) is 5.75 Å². The van der Waals surface area contributed by atoms with Gasteiger partial charge in [-0.3, -0.25) is 4.79 Å². The van der Waals surface area contributed by atoms with Crippen LogP contribution in [0.1, 0.15) is 22.8 Å². The van der Waals surface area contributed by atoms with Crippen molar-refractivity contribution < 1.29 is 13.9 Å². The SMILES string of the molecule is CCOc1ccc(C(=O)Cc2cc3cc(Br)cc(Br)c3oc2=O)cc1. The second-order valence-electron chi connectivity index (χ2n) is 5.42. The van der Waals surface area contributed by atoms with Crippen molar-refractivity contribution in [3.05, 3.63) is 73.0 Å². The number of rotatable bonds is 5. The molecule has 0 amide bonds. The number of hydrogen-bond acceptors (Lipinski definition) is 4. The number of hydrogen-bond donors (Lipinski definition) is 0. The topological polar surface area (TPSA) is 56.5 Å². The lowest BCUT2D eigenvalue weighted by molar-refractivity contribution is 0.0992. The Morgan fingerprint density at radius 2 is 1.84 bits per heavy atom. The van der Waals surface area contributed by atoms with E-state index < -0.39 is 5.63 Å². The Hall–Kier alpha value is -1.92. The van der Waals surface area contributed by atoms with Crippen LogP contribution in [0.3, 0.4) is 0 Å². The fraction of sp³-hybridized carbons (Fsp3) is 0.158. The number of fused-ring (bicyclic) bond motifs is 1. The van der Waals surface area contributed by atoms with E-state index in [1.54, 1.807) is 36.4 Å². The minimum Gasteiger partial charge on any atom is -0.494 e. The smallest absolute Gasteiger partial charge is 0.339 e. The summed E-state index contributed by atoms with van der Waals surface area (Å²) in [5.74, 6) is 0.558. The quantitative estimate of drug-likeness (QED) is 0.386. The Balaban J connectivity index is 1.90. The van der Waals surface area contributed by atoms with E-state index in [2.05, 4.69) is 31.9 Å². The van der Waals surface area contributed by atoms with Crippen molar-refractivity contribution >= 4 is 48.6 Å². The molecular weight excluding hydrogens is 452 g/mol. The summed E-state index contributed by atoms with van der Waals surface area (Å²) in [6.07, 6.45) is -0.0175. The largest absolute Gasteiger partial charge is 0.494 e. The number of Topliss-reactive ketones (excluding diaryl/α,β-unsaturated/α-hetero) is 1. The maximum Gasteiger partial charge on any atom is 0.339 e. The minimum absolute atomic E-state index is 0.0175. The third-order valence-electron chi connectivity index (χ3n) is 3.66. The van der Waals surface area contributed by atoms with E-state index in [1.807, 2.05) is 13.0 Å². The molecule has 3 aromatic rings. The molecule has 0 spiro atoms. The third-order valence-corrected chi connectivity index (χ3v) is 4.71. The lowest BCUT2D eigenvalue weighted by Crippen LogP contribution is -2.13. The lowest BCUT2D eigenvalue weighted by atomic mass is 10.0. The van der Waals surface area contributed by atoms with Crippen LogP contribution < -0.4 is 10.4 Å². The van der Waals surface area contributed by atoms with E-state index in [9.17, 15) is 9.59 Å². The molecule has 0 aliphatic heterocycles. The van der Waals surface area contributed by atoms with Gasteiger partial charge in [-0.1, -0.05) is 15.9 Å². The summed E-state index contributed by atoms with van der Waals surface area (Å²) in [4.78, 5) is 24.7. The maximum absolute atomic E-state index is 12.5. The molecule has 0 N–H and O–H groups in total. The van der Waals surface area contributed by atoms with Crippen molar-refractivity contribution in [2.45, 2.75) is 13.3 Å². The summed E-state index contributed by atoms with van der Waals surface area (Å²) in [5.41, 5.74) is 0.815. The first kappa shape index (κ1) is 17.9. The number of halogens is 2. The Morgan fingerprint density at radius 1 is 1.12 bits per heavy atom. The molecule has 128 valence electrons. The molecule has 0 atom stereocenters. The zero-order chi connectivity index (χ0) is 18.0. The molecule has 3 rings (SSSR count). The number of benzene rings is 2. The van der Waals surface area contributed by atoms with Gasteiger partial charge in [0.1, 0.15) is 5.75 Å². The van der Waals surface area contributed by atoms with Gasteiger partial charge in [0, 0.05) is 27.4 Å². The Labute approximate surface area is 161 Å². The van der Waals surface area contributed by atoms with Gasteiger partial charge in [0.2, 0.25) is 0 Å². The standard InChI is InChI=1S/C19H14Br2O4/c1-2-24-15-5-3-11(4-6-15)17(22)9-13-7-12-8-14(20)10-16(21)18(12)25-19(13)23/h3-8,10H,2,9H2,1H3. The molecule has 1 heterocycles. The molecule has 0 unspecified atom stereocenters. The average molecular weight is 466 g/mol. The van der Waals surface area contributed by atoms with Gasteiger partial charge in [-0.25, -0.2) is 4.79 Å². The molecule has 0 aliphatic carbocycles. The van der Waals surface area contributed by atoms with Crippen LogP contribution in [0.4, 0.5) is 0 Å². The summed E-state index contributed by atoms with van der Waals surface area (Å²) in [5, 5.41) is 0.746. The van der Waals surface area contributed by atoms with Crippen molar-refractivity contribution in [3.8, 4) is 5.75 Å². The van der Waals surface area contributed by atoms with Gasteiger partial charge in [-0.2, -0.15) is 0 Å². The molecule has 4 nitrogen and oxygen atoms in total. The molecule has 0 fully saturated rings. The predicted octanol–water partition coefficient (Wildman–Crippen LogP) is 5.14. The third kappa shape index (κ3) is 4.02. The summed E-state index contributed by atoms with van der Waals surface area (Å²) in [6.45, 7) is 2.46. The fourth-order valence-electron chi connectivity index (χ4n) is 2.50. The van der Waals surface area contributed by atoms with Gasteiger partial charge < -0.3 is 9.15 Å². The fourth-order valence-corrected chi connectivity index (χ4v) is 3.84. The highest BCUT2D eigenvalue weighted by Gasteiger charge is 2.14. The van der Waals surface area contributed by atoms with Crippen LogP contribution in [0, 0.1) is 0 Å². The molecule has 0 saturated heterocycles. The van der Waals surface area contributed by atoms with E-state index in [0.29, 0.717) is 33.5 Å². The van der Waals surface area contributed by atoms with Crippen LogP contribution in [0.2, 0.25) is 0 Å². The van der Waals surface area contributed by atoms with Crippen molar-refractivity contribution in [2.24, 2.45) is 0 Å². The molecule has 0 bridgehead atoms. The summed E-state index contributed by atoms with van der Waals surface area (Å²) < 4.78 is 12.3. The second kappa shape index (κ2) is 7.54. The average Bonchev–Trinajstić information content (AvgIpc) is 2.57. The van der Waals surface area contributed by atoms with Crippen molar-refractivity contribution in [3.63, 3.8) is 0 Å². The normalized spacial score (nSPS) is 10.8. The molecule has 0 saturated carbocycles. The number of ketones is 1. The molecule has 25 heavy (non-hydrogen) atoms. The molecule has 6 heteroatoms. The van der Waals surface area contributed by atoms with Crippen LogP contribution in [0.15, 0.2) is 60.6 Å². The monoisotopic (exact) mass is 464 g/mol. The number of ether oxygens (including phenoxy) is 1. The second-order valence-corrected chi connectivity index (χ2v) is 7.19. The molecule has 1 aromatic heterocycles. The van der Waals surface area contributed by atoms with Gasteiger partial charge in [-0.05, 0) is 65.3 Å². The Morgan fingerprint density at radius 3 is 2.52 bits per heavy atom. The highest BCUT2D eigenvalue weighted by Crippen LogP contribution is 2.28. The Kier molecular flexibility index (Phi) is 5.39. The zero-order valence-electron chi connectivity index (χ0n) is 13.3. The van der Waals surface area contributed by atoms with Crippen LogP contribution in [0.25, 0.3) is 11.0 Å². The van der Waals surface area contributed by atoms with E-state index >= 15 is 0 Å².